The largest absolute Gasteiger partial charge is 0.493 e. The smallest absolute Gasteiger partial charge is 0.336 e. The van der Waals surface area contributed by atoms with Crippen LogP contribution in [0.25, 0.3) is 11.0 Å². The molecule has 0 aliphatic heterocycles. The van der Waals surface area contributed by atoms with E-state index in [0.29, 0.717) is 30.5 Å². The first-order chi connectivity index (χ1) is 16.0. The van der Waals surface area contributed by atoms with Gasteiger partial charge in [-0.15, -0.1) is 5.10 Å². The predicted molar refractivity (Wildman–Crippen MR) is 127 cm³/mol. The molecule has 0 amide bonds. The summed E-state index contributed by atoms with van der Waals surface area (Å²) in [7, 11) is 0. The third-order valence-electron chi connectivity index (χ3n) is 5.40. The Morgan fingerprint density at radius 3 is 2.73 bits per heavy atom. The lowest BCUT2D eigenvalue weighted by atomic mass is 10.0. The molecule has 0 fully saturated rings. The maximum atomic E-state index is 11.4. The van der Waals surface area contributed by atoms with Gasteiger partial charge in [-0.1, -0.05) is 31.2 Å². The van der Waals surface area contributed by atoms with Crippen LogP contribution in [0.2, 0.25) is 0 Å². The Bertz CT molecular complexity index is 1280. The van der Waals surface area contributed by atoms with Crippen LogP contribution in [0.5, 0.6) is 11.5 Å². The van der Waals surface area contributed by atoms with Gasteiger partial charge in [-0.2, -0.15) is 0 Å². The molecule has 0 atom stereocenters. The van der Waals surface area contributed by atoms with Crippen molar-refractivity contribution < 1.29 is 13.9 Å². The predicted octanol–water partition coefficient (Wildman–Crippen LogP) is 5.25. The minimum Gasteiger partial charge on any atom is -0.493 e. The molecule has 0 aliphatic rings. The number of rotatable bonds is 10. The Kier molecular flexibility index (Phi) is 7.07. The molecule has 0 spiro atoms. The van der Waals surface area contributed by atoms with Gasteiger partial charge in [0.05, 0.1) is 12.8 Å². The van der Waals surface area contributed by atoms with Crippen LogP contribution >= 0.6 is 0 Å². The zero-order chi connectivity index (χ0) is 23.2. The van der Waals surface area contributed by atoms with Crippen molar-refractivity contribution in [1.29, 1.82) is 0 Å². The first kappa shape index (κ1) is 22.6. The van der Waals surface area contributed by atoms with Crippen LogP contribution in [0.3, 0.4) is 0 Å². The summed E-state index contributed by atoms with van der Waals surface area (Å²) in [4.78, 5) is 11.4. The second-order valence-electron chi connectivity index (χ2n) is 8.47. The SMILES string of the molecule is Cc1ccc(C(C)C)c(OCc2cn(CCCCOc3ccc4ccc(=O)oc4c3)nn2)c1. The number of ether oxygens (including phenoxy) is 2. The minimum absolute atomic E-state index is 0.364. The first-order valence-electron chi connectivity index (χ1n) is 11.3. The molecular formula is C26H29N3O4. The first-order valence-corrected chi connectivity index (χ1v) is 11.3. The van der Waals surface area contributed by atoms with Gasteiger partial charge in [0.15, 0.2) is 0 Å². The standard InChI is InChI=1S/C26H29N3O4/c1-18(2)23-10-6-19(3)14-25(23)32-17-21-16-29(28-27-21)12-4-5-13-31-22-9-7-20-8-11-26(30)33-24(20)15-22/h6-11,14-16,18H,4-5,12-13,17H2,1-3H3. The summed E-state index contributed by atoms with van der Waals surface area (Å²) in [6.07, 6.45) is 3.70. The third kappa shape index (κ3) is 6.00. The van der Waals surface area contributed by atoms with E-state index in [0.717, 1.165) is 36.2 Å². The number of fused-ring (bicyclic) bond motifs is 1. The molecule has 0 aliphatic carbocycles. The summed E-state index contributed by atoms with van der Waals surface area (Å²) < 4.78 is 18.9. The Morgan fingerprint density at radius 2 is 1.88 bits per heavy atom. The van der Waals surface area contributed by atoms with Crippen LogP contribution in [-0.4, -0.2) is 21.6 Å². The van der Waals surface area contributed by atoms with Crippen molar-refractivity contribution in [3.63, 3.8) is 0 Å². The summed E-state index contributed by atoms with van der Waals surface area (Å²) in [5, 5.41) is 9.31. The van der Waals surface area contributed by atoms with Crippen LogP contribution in [0, 0.1) is 6.92 Å². The van der Waals surface area contributed by atoms with Crippen LogP contribution < -0.4 is 15.1 Å². The maximum Gasteiger partial charge on any atom is 0.336 e. The molecule has 0 saturated carbocycles. The molecule has 4 rings (SSSR count). The lowest BCUT2D eigenvalue weighted by Gasteiger charge is -2.14. The monoisotopic (exact) mass is 447 g/mol. The number of hydrogen-bond donors (Lipinski definition) is 0. The summed E-state index contributed by atoms with van der Waals surface area (Å²) in [5.41, 5.74) is 3.34. The molecule has 2 heterocycles. The molecule has 7 nitrogen and oxygen atoms in total. The van der Waals surface area contributed by atoms with E-state index in [9.17, 15) is 4.79 Å². The zero-order valence-corrected chi connectivity index (χ0v) is 19.3. The molecule has 0 N–H and O–H groups in total. The number of aromatic nitrogens is 3. The molecule has 2 aromatic heterocycles. The van der Waals surface area contributed by atoms with Gasteiger partial charge in [-0.25, -0.2) is 4.79 Å². The molecule has 0 radical (unpaired) electrons. The molecule has 7 heteroatoms. The number of benzene rings is 2. The number of aryl methyl sites for hydroxylation is 2. The van der Waals surface area contributed by atoms with E-state index in [1.807, 2.05) is 23.0 Å². The summed E-state index contributed by atoms with van der Waals surface area (Å²) in [6, 6.07) is 15.0. The average molecular weight is 448 g/mol. The highest BCUT2D eigenvalue weighted by Crippen LogP contribution is 2.28. The van der Waals surface area contributed by atoms with E-state index in [1.165, 1.54) is 17.2 Å². The van der Waals surface area contributed by atoms with Crippen molar-refractivity contribution in [2.24, 2.45) is 0 Å². The average Bonchev–Trinajstić information content (AvgIpc) is 3.24. The van der Waals surface area contributed by atoms with E-state index >= 15 is 0 Å². The molecule has 0 unspecified atom stereocenters. The van der Waals surface area contributed by atoms with Gasteiger partial charge in [0.25, 0.3) is 0 Å². The lowest BCUT2D eigenvalue weighted by molar-refractivity contribution is 0.296. The van der Waals surface area contributed by atoms with Crippen LogP contribution in [0.4, 0.5) is 0 Å². The van der Waals surface area contributed by atoms with E-state index in [4.69, 9.17) is 13.9 Å². The molecule has 2 aromatic carbocycles. The van der Waals surface area contributed by atoms with Crippen molar-refractivity contribution in [1.82, 2.24) is 15.0 Å². The van der Waals surface area contributed by atoms with Gasteiger partial charge in [-0.3, -0.25) is 4.68 Å². The molecule has 4 aromatic rings. The molecule has 33 heavy (non-hydrogen) atoms. The van der Waals surface area contributed by atoms with Crippen molar-refractivity contribution >= 4 is 11.0 Å². The van der Waals surface area contributed by atoms with Gasteiger partial charge in [-0.05, 0) is 61.1 Å². The fourth-order valence-corrected chi connectivity index (χ4v) is 3.61. The number of nitrogens with zero attached hydrogens (tertiary/aromatic N) is 3. The van der Waals surface area contributed by atoms with Crippen LogP contribution in [0.15, 0.2) is 63.9 Å². The summed E-state index contributed by atoms with van der Waals surface area (Å²) in [5.74, 6) is 1.99. The Balaban J connectivity index is 1.22. The van der Waals surface area contributed by atoms with Gasteiger partial charge < -0.3 is 13.9 Å². The fraction of sp³-hybridized carbons (Fsp3) is 0.346. The molecular weight excluding hydrogens is 418 g/mol. The van der Waals surface area contributed by atoms with Crippen molar-refractivity contribution in [3.05, 3.63) is 82.0 Å². The summed E-state index contributed by atoms with van der Waals surface area (Å²) in [6.45, 7) is 8.10. The fourth-order valence-electron chi connectivity index (χ4n) is 3.61. The second-order valence-corrected chi connectivity index (χ2v) is 8.47. The topological polar surface area (TPSA) is 79.4 Å². The number of unbranched alkanes of at least 4 members (excludes halogenated alkanes) is 1. The Hall–Kier alpha value is -3.61. The van der Waals surface area contributed by atoms with Gasteiger partial charge in [0, 0.05) is 24.1 Å². The lowest BCUT2D eigenvalue weighted by Crippen LogP contribution is -2.03. The maximum absolute atomic E-state index is 11.4. The quantitative estimate of drug-likeness (QED) is 0.244. The Labute approximate surface area is 193 Å². The van der Waals surface area contributed by atoms with Gasteiger partial charge >= 0.3 is 5.63 Å². The van der Waals surface area contributed by atoms with E-state index < -0.39 is 0 Å². The van der Waals surface area contributed by atoms with E-state index in [1.54, 1.807) is 12.1 Å². The third-order valence-corrected chi connectivity index (χ3v) is 5.40. The normalized spacial score (nSPS) is 11.3. The van der Waals surface area contributed by atoms with Crippen LogP contribution in [0.1, 0.15) is 49.4 Å². The van der Waals surface area contributed by atoms with E-state index in [-0.39, 0.29) is 5.63 Å². The highest BCUT2D eigenvalue weighted by Gasteiger charge is 2.10. The van der Waals surface area contributed by atoms with Crippen LogP contribution in [-0.2, 0) is 13.2 Å². The van der Waals surface area contributed by atoms with Crippen molar-refractivity contribution in [3.8, 4) is 11.5 Å². The second kappa shape index (κ2) is 10.3. The number of hydrogen-bond acceptors (Lipinski definition) is 6. The van der Waals surface area contributed by atoms with Gasteiger partial charge in [0.2, 0.25) is 0 Å². The molecule has 0 saturated heterocycles. The summed E-state index contributed by atoms with van der Waals surface area (Å²) >= 11 is 0. The van der Waals surface area contributed by atoms with Crippen molar-refractivity contribution in [2.75, 3.05) is 6.61 Å². The Morgan fingerprint density at radius 1 is 1.03 bits per heavy atom. The molecule has 172 valence electrons. The highest BCUT2D eigenvalue weighted by molar-refractivity contribution is 5.77. The minimum atomic E-state index is -0.364. The van der Waals surface area contributed by atoms with Gasteiger partial charge in [0.1, 0.15) is 29.4 Å². The highest BCUT2D eigenvalue weighted by atomic mass is 16.5. The van der Waals surface area contributed by atoms with E-state index in [2.05, 4.69) is 49.3 Å². The zero-order valence-electron chi connectivity index (χ0n) is 19.3. The molecule has 0 bridgehead atoms. The van der Waals surface area contributed by atoms with Crippen molar-refractivity contribution in [2.45, 2.75) is 52.7 Å².